The first-order valence-corrected chi connectivity index (χ1v) is 14.5. The van der Waals surface area contributed by atoms with Crippen LogP contribution in [0.5, 0.6) is 11.5 Å². The second-order valence-corrected chi connectivity index (χ2v) is 12.3. The minimum atomic E-state index is -0.859. The van der Waals surface area contributed by atoms with E-state index in [9.17, 15) is 14.7 Å². The van der Waals surface area contributed by atoms with Crippen molar-refractivity contribution >= 4 is 40.5 Å². The number of hydrogen-bond acceptors (Lipinski definition) is 8. The zero-order chi connectivity index (χ0) is 29.7. The Morgan fingerprint density at radius 3 is 2.63 bits per heavy atom. The fraction of sp³-hybridized carbons (Fsp3) is 0.433. The summed E-state index contributed by atoms with van der Waals surface area (Å²) in [7, 11) is 3.12. The van der Waals surface area contributed by atoms with Gasteiger partial charge in [0.25, 0.3) is 5.91 Å². The molecule has 0 saturated heterocycles. The van der Waals surface area contributed by atoms with E-state index in [2.05, 4.69) is 4.98 Å². The van der Waals surface area contributed by atoms with Gasteiger partial charge in [0.2, 0.25) is 0 Å². The highest BCUT2D eigenvalue weighted by Crippen LogP contribution is 2.45. The van der Waals surface area contributed by atoms with E-state index in [4.69, 9.17) is 30.9 Å². The highest BCUT2D eigenvalue weighted by atomic mass is 35.5. The van der Waals surface area contributed by atoms with Gasteiger partial charge in [0.15, 0.2) is 11.5 Å². The molecular weight excluding hydrogens is 568 g/mol. The maximum Gasteiger partial charge on any atom is 0.303 e. The maximum atomic E-state index is 14.2. The summed E-state index contributed by atoms with van der Waals surface area (Å²) in [5.41, 5.74) is 1.43. The Morgan fingerprint density at radius 2 is 1.95 bits per heavy atom. The van der Waals surface area contributed by atoms with Crippen LogP contribution in [0.25, 0.3) is 0 Å². The van der Waals surface area contributed by atoms with E-state index < -0.39 is 23.6 Å². The number of aryl methyl sites for hydroxylation is 2. The number of hydrogen-bond donors (Lipinski definition) is 2. The van der Waals surface area contributed by atoms with Gasteiger partial charge in [0, 0.05) is 57.9 Å². The number of anilines is 1. The van der Waals surface area contributed by atoms with Crippen molar-refractivity contribution in [3.05, 3.63) is 68.6 Å². The van der Waals surface area contributed by atoms with Crippen molar-refractivity contribution in [1.29, 1.82) is 0 Å². The van der Waals surface area contributed by atoms with E-state index in [1.165, 1.54) is 11.3 Å². The van der Waals surface area contributed by atoms with E-state index in [0.29, 0.717) is 52.6 Å². The monoisotopic (exact) mass is 602 g/mol. The number of benzene rings is 2. The first-order chi connectivity index (χ1) is 19.6. The topological polar surface area (TPSA) is 118 Å². The van der Waals surface area contributed by atoms with Crippen LogP contribution in [-0.4, -0.2) is 60.5 Å². The smallest absolute Gasteiger partial charge is 0.303 e. The van der Waals surface area contributed by atoms with Crippen LogP contribution in [0, 0.1) is 5.41 Å². The highest BCUT2D eigenvalue weighted by Gasteiger charge is 2.39. The van der Waals surface area contributed by atoms with Crippen molar-refractivity contribution < 1.29 is 34.0 Å². The minimum Gasteiger partial charge on any atom is -0.493 e. The van der Waals surface area contributed by atoms with Crippen LogP contribution in [-0.2, 0) is 27.2 Å². The van der Waals surface area contributed by atoms with Gasteiger partial charge in [-0.1, -0.05) is 37.6 Å². The van der Waals surface area contributed by atoms with Crippen molar-refractivity contribution in [3.8, 4) is 11.5 Å². The molecule has 2 atom stereocenters. The number of carboxylic acids is 1. The summed E-state index contributed by atoms with van der Waals surface area (Å²) in [6.07, 6.45) is 1.36. The van der Waals surface area contributed by atoms with Gasteiger partial charge in [-0.05, 0) is 37.1 Å². The van der Waals surface area contributed by atoms with Gasteiger partial charge in [0.1, 0.15) is 12.2 Å². The molecule has 220 valence electrons. The number of rotatable bonds is 12. The van der Waals surface area contributed by atoms with Gasteiger partial charge >= 0.3 is 5.97 Å². The fourth-order valence-corrected chi connectivity index (χ4v) is 5.94. The Hall–Kier alpha value is -3.18. The molecular formula is C30H35ClN2O7S. The van der Waals surface area contributed by atoms with Crippen LogP contribution >= 0.6 is 22.9 Å². The lowest BCUT2D eigenvalue weighted by Gasteiger charge is -2.32. The minimum absolute atomic E-state index is 0.0341. The summed E-state index contributed by atoms with van der Waals surface area (Å²) in [6.45, 7) is 3.94. The predicted octanol–water partition coefficient (Wildman–Crippen LogP) is 5.30. The molecule has 11 heteroatoms. The first kappa shape index (κ1) is 30.8. The Balaban J connectivity index is 1.76. The van der Waals surface area contributed by atoms with Gasteiger partial charge in [-0.15, -0.1) is 11.3 Å². The lowest BCUT2D eigenvalue weighted by atomic mass is 9.92. The van der Waals surface area contributed by atoms with Gasteiger partial charge in [-0.25, -0.2) is 4.98 Å². The molecule has 3 aromatic rings. The second-order valence-electron chi connectivity index (χ2n) is 10.7. The standard InChI is InChI=1S/C30H35ClN2O7S/c1-30(2,17-34)16-33-22-10-8-18(31)14-21(22)27(20-6-5-7-23(38-3)28(20)39-4)40-24(29(33)37)11-12-25-32-15-19(41-25)9-13-26(35)36/h5-8,10,14-15,24,27,34H,9,11-13,16-17H2,1-4H3,(H,35,36)/t24-,27-/m1/s1. The second kappa shape index (κ2) is 13.2. The summed E-state index contributed by atoms with van der Waals surface area (Å²) < 4.78 is 18.0. The summed E-state index contributed by atoms with van der Waals surface area (Å²) in [5.74, 6) is -0.0763. The molecule has 41 heavy (non-hydrogen) atoms. The quantitative estimate of drug-likeness (QED) is 0.287. The first-order valence-electron chi connectivity index (χ1n) is 13.3. The third kappa shape index (κ3) is 7.19. The Bertz CT molecular complexity index is 1390. The SMILES string of the molecule is COc1cccc([C@H]2O[C@H](CCc3ncc(CCC(=O)O)s3)C(=O)N(CC(C)(C)CO)c3ccc(Cl)cc32)c1OC. The molecule has 2 aromatic carbocycles. The Kier molecular flexibility index (Phi) is 9.91. The summed E-state index contributed by atoms with van der Waals surface area (Å²) in [6, 6.07) is 10.9. The van der Waals surface area contributed by atoms with E-state index in [0.717, 1.165) is 9.88 Å². The molecule has 2 heterocycles. The number of carbonyl (C=O) groups excluding carboxylic acids is 1. The molecule has 0 aliphatic carbocycles. The van der Waals surface area contributed by atoms with Gasteiger partial charge in [-0.2, -0.15) is 0 Å². The van der Waals surface area contributed by atoms with Crippen LogP contribution in [0.3, 0.4) is 0 Å². The summed E-state index contributed by atoms with van der Waals surface area (Å²) >= 11 is 7.93. The number of halogens is 1. The van der Waals surface area contributed by atoms with E-state index in [-0.39, 0.29) is 25.5 Å². The number of ether oxygens (including phenoxy) is 3. The lowest BCUT2D eigenvalue weighted by Crippen LogP contribution is -2.45. The number of carboxylic acid groups (broad SMARTS) is 1. The number of fused-ring (bicyclic) bond motifs is 1. The number of thiazole rings is 1. The van der Waals surface area contributed by atoms with Crippen LogP contribution in [0.1, 0.15) is 53.8 Å². The van der Waals surface area contributed by atoms with Crippen molar-refractivity contribution in [1.82, 2.24) is 4.98 Å². The van der Waals surface area contributed by atoms with E-state index in [1.807, 2.05) is 32.0 Å². The third-order valence-corrected chi connectivity index (χ3v) is 8.29. The van der Waals surface area contributed by atoms with E-state index in [1.54, 1.807) is 43.5 Å². The number of para-hydroxylation sites is 1. The number of aliphatic hydroxyl groups excluding tert-OH is 1. The Labute approximate surface area is 248 Å². The van der Waals surface area contributed by atoms with Gasteiger partial charge < -0.3 is 29.3 Å². The molecule has 0 bridgehead atoms. The van der Waals surface area contributed by atoms with Gasteiger partial charge in [0.05, 0.1) is 25.6 Å². The molecule has 0 fully saturated rings. The number of aromatic nitrogens is 1. The molecule has 4 rings (SSSR count). The molecule has 1 aliphatic rings. The molecule has 2 N–H and O–H groups in total. The molecule has 0 radical (unpaired) electrons. The van der Waals surface area contributed by atoms with E-state index >= 15 is 0 Å². The largest absolute Gasteiger partial charge is 0.493 e. The normalized spacial score (nSPS) is 17.2. The van der Waals surface area contributed by atoms with Crippen LogP contribution in [0.4, 0.5) is 5.69 Å². The molecule has 1 amide bonds. The number of amides is 1. The fourth-order valence-electron chi connectivity index (χ4n) is 4.83. The Morgan fingerprint density at radius 1 is 1.17 bits per heavy atom. The molecule has 9 nitrogen and oxygen atoms in total. The number of nitrogens with zero attached hydrogens (tertiary/aromatic N) is 2. The third-order valence-electron chi connectivity index (χ3n) is 6.94. The average Bonchev–Trinajstić information content (AvgIpc) is 3.38. The number of aliphatic hydroxyl groups is 1. The summed E-state index contributed by atoms with van der Waals surface area (Å²) in [5, 5.41) is 20.3. The number of methoxy groups -OCH3 is 2. The highest BCUT2D eigenvalue weighted by molar-refractivity contribution is 7.11. The molecule has 1 aromatic heterocycles. The predicted molar refractivity (Wildman–Crippen MR) is 157 cm³/mol. The van der Waals surface area contributed by atoms with Crippen molar-refractivity contribution in [2.24, 2.45) is 5.41 Å². The number of carbonyl (C=O) groups is 2. The molecule has 0 unspecified atom stereocenters. The molecule has 1 aliphatic heterocycles. The summed E-state index contributed by atoms with van der Waals surface area (Å²) in [4.78, 5) is 32.2. The van der Waals surface area contributed by atoms with Crippen LogP contribution in [0.15, 0.2) is 42.6 Å². The van der Waals surface area contributed by atoms with Crippen LogP contribution < -0.4 is 14.4 Å². The number of aliphatic carboxylic acids is 1. The average molecular weight is 603 g/mol. The molecule has 0 spiro atoms. The van der Waals surface area contributed by atoms with Crippen LogP contribution in [0.2, 0.25) is 5.02 Å². The molecule has 0 saturated carbocycles. The van der Waals surface area contributed by atoms with Crippen molar-refractivity contribution in [2.75, 3.05) is 32.3 Å². The lowest BCUT2D eigenvalue weighted by molar-refractivity contribution is -0.137. The van der Waals surface area contributed by atoms with Crippen molar-refractivity contribution in [3.63, 3.8) is 0 Å². The maximum absolute atomic E-state index is 14.2. The van der Waals surface area contributed by atoms with Crippen molar-refractivity contribution in [2.45, 2.75) is 51.7 Å². The zero-order valence-corrected chi connectivity index (χ0v) is 25.1. The van der Waals surface area contributed by atoms with Gasteiger partial charge in [-0.3, -0.25) is 9.59 Å². The zero-order valence-electron chi connectivity index (χ0n) is 23.6.